The number of carbonyl (C=O) groups is 2. The van der Waals surface area contributed by atoms with Crippen LogP contribution in [0.15, 0.2) is 36.4 Å². The Morgan fingerprint density at radius 2 is 1.97 bits per heavy atom. The standard InChI is InChI=1S/C26H30ClN5O2/c1-16-13-17(6-8-20(16)26(34)32-11-2-3-12-32)25(33)31-23(18-5-4-10-28-15-18)24-29-21-9-7-19(27)14-22(21)30-24/h6-9,13-14,18,23,28H,2-5,10-12,15H2,1H3,(H,29,30)(H,31,33). The molecule has 178 valence electrons. The quantitative estimate of drug-likeness (QED) is 0.510. The number of rotatable bonds is 5. The van der Waals surface area contributed by atoms with E-state index >= 15 is 0 Å². The summed E-state index contributed by atoms with van der Waals surface area (Å²) in [5.41, 5.74) is 3.71. The van der Waals surface area contributed by atoms with Gasteiger partial charge in [-0.25, -0.2) is 4.98 Å². The highest BCUT2D eigenvalue weighted by molar-refractivity contribution is 6.31. The summed E-state index contributed by atoms with van der Waals surface area (Å²) in [7, 11) is 0. The lowest BCUT2D eigenvalue weighted by atomic mass is 9.91. The third-order valence-corrected chi connectivity index (χ3v) is 7.20. The monoisotopic (exact) mass is 479 g/mol. The molecule has 2 amide bonds. The van der Waals surface area contributed by atoms with E-state index in [2.05, 4.69) is 15.6 Å². The Kier molecular flexibility index (Phi) is 6.57. The van der Waals surface area contributed by atoms with E-state index in [4.69, 9.17) is 16.6 Å². The fourth-order valence-corrected chi connectivity index (χ4v) is 5.25. The number of benzene rings is 2. The topological polar surface area (TPSA) is 90.1 Å². The number of aryl methyl sites for hydroxylation is 1. The summed E-state index contributed by atoms with van der Waals surface area (Å²) in [4.78, 5) is 36.2. The second-order valence-electron chi connectivity index (χ2n) is 9.37. The average molecular weight is 480 g/mol. The van der Waals surface area contributed by atoms with Crippen molar-refractivity contribution < 1.29 is 9.59 Å². The molecule has 1 aromatic heterocycles. The molecule has 0 aliphatic carbocycles. The molecule has 2 aromatic carbocycles. The summed E-state index contributed by atoms with van der Waals surface area (Å²) in [6.45, 7) is 5.30. The van der Waals surface area contributed by atoms with E-state index in [9.17, 15) is 9.59 Å². The molecule has 3 N–H and O–H groups in total. The molecular formula is C26H30ClN5O2. The maximum Gasteiger partial charge on any atom is 0.254 e. The third-order valence-electron chi connectivity index (χ3n) is 6.96. The van der Waals surface area contributed by atoms with E-state index in [0.717, 1.165) is 74.3 Å². The maximum absolute atomic E-state index is 13.3. The summed E-state index contributed by atoms with van der Waals surface area (Å²) < 4.78 is 0. The summed E-state index contributed by atoms with van der Waals surface area (Å²) in [6, 6.07) is 10.6. The van der Waals surface area contributed by atoms with Crippen molar-refractivity contribution >= 4 is 34.4 Å². The predicted octanol–water partition coefficient (Wildman–Crippen LogP) is 4.23. The number of hydrogen-bond acceptors (Lipinski definition) is 4. The van der Waals surface area contributed by atoms with Gasteiger partial charge in [0, 0.05) is 35.8 Å². The van der Waals surface area contributed by atoms with E-state index in [0.29, 0.717) is 16.1 Å². The van der Waals surface area contributed by atoms with E-state index in [1.54, 1.807) is 12.1 Å². The van der Waals surface area contributed by atoms with Gasteiger partial charge in [-0.15, -0.1) is 0 Å². The Labute approximate surface area is 204 Å². The van der Waals surface area contributed by atoms with Crippen LogP contribution in [-0.4, -0.2) is 52.9 Å². The van der Waals surface area contributed by atoms with Crippen molar-refractivity contribution in [2.24, 2.45) is 5.92 Å². The second kappa shape index (κ2) is 9.76. The molecule has 0 radical (unpaired) electrons. The lowest BCUT2D eigenvalue weighted by molar-refractivity contribution is 0.0791. The predicted molar refractivity (Wildman–Crippen MR) is 133 cm³/mol. The summed E-state index contributed by atoms with van der Waals surface area (Å²) in [5, 5.41) is 7.29. The van der Waals surface area contributed by atoms with Crippen molar-refractivity contribution in [3.63, 3.8) is 0 Å². The largest absolute Gasteiger partial charge is 0.342 e. The van der Waals surface area contributed by atoms with Gasteiger partial charge >= 0.3 is 0 Å². The first-order valence-corrected chi connectivity index (χ1v) is 12.4. The SMILES string of the molecule is Cc1cc(C(=O)NC(c2nc3cc(Cl)ccc3[nH]2)C2CCCNC2)ccc1C(=O)N1CCCC1. The van der Waals surface area contributed by atoms with Gasteiger partial charge in [0.05, 0.1) is 17.1 Å². The van der Waals surface area contributed by atoms with Crippen molar-refractivity contribution in [1.82, 2.24) is 25.5 Å². The van der Waals surface area contributed by atoms with Crippen molar-refractivity contribution in [2.75, 3.05) is 26.2 Å². The van der Waals surface area contributed by atoms with Gasteiger partial charge in [0.1, 0.15) is 5.82 Å². The van der Waals surface area contributed by atoms with E-state index in [-0.39, 0.29) is 23.8 Å². The molecule has 3 heterocycles. The number of amides is 2. The number of aromatic nitrogens is 2. The number of carbonyl (C=O) groups excluding carboxylic acids is 2. The Bertz CT molecular complexity index is 1210. The van der Waals surface area contributed by atoms with Gasteiger partial charge in [0.25, 0.3) is 11.8 Å². The smallest absolute Gasteiger partial charge is 0.254 e. The molecule has 8 heteroatoms. The molecule has 2 unspecified atom stereocenters. The van der Waals surface area contributed by atoms with E-state index in [1.807, 2.05) is 36.1 Å². The molecule has 5 rings (SSSR count). The van der Waals surface area contributed by atoms with Gasteiger partial charge in [-0.2, -0.15) is 0 Å². The van der Waals surface area contributed by atoms with Crippen LogP contribution < -0.4 is 10.6 Å². The van der Waals surface area contributed by atoms with Crippen LogP contribution in [0.1, 0.15) is 63.8 Å². The van der Waals surface area contributed by atoms with E-state index < -0.39 is 0 Å². The third kappa shape index (κ3) is 4.68. The van der Waals surface area contributed by atoms with E-state index in [1.165, 1.54) is 0 Å². The number of piperidine rings is 1. The zero-order valence-corrected chi connectivity index (χ0v) is 20.1. The number of likely N-dealkylation sites (tertiary alicyclic amines) is 1. The Balaban J connectivity index is 1.39. The van der Waals surface area contributed by atoms with Gasteiger partial charge in [0.2, 0.25) is 0 Å². The molecule has 2 saturated heterocycles. The number of fused-ring (bicyclic) bond motifs is 1. The summed E-state index contributed by atoms with van der Waals surface area (Å²) in [5.74, 6) is 0.828. The van der Waals surface area contributed by atoms with Crippen LogP contribution in [0.5, 0.6) is 0 Å². The molecule has 2 aliphatic heterocycles. The number of aromatic amines is 1. The highest BCUT2D eigenvalue weighted by Crippen LogP contribution is 2.29. The second-order valence-corrected chi connectivity index (χ2v) is 9.81. The Morgan fingerprint density at radius 1 is 1.15 bits per heavy atom. The van der Waals surface area contributed by atoms with Crippen LogP contribution in [0, 0.1) is 12.8 Å². The van der Waals surface area contributed by atoms with Crippen LogP contribution in [0.4, 0.5) is 0 Å². The van der Waals surface area contributed by atoms with Crippen molar-refractivity contribution in [2.45, 2.75) is 38.6 Å². The van der Waals surface area contributed by atoms with Crippen LogP contribution in [-0.2, 0) is 0 Å². The van der Waals surface area contributed by atoms with Crippen molar-refractivity contribution in [3.8, 4) is 0 Å². The zero-order chi connectivity index (χ0) is 23.7. The fourth-order valence-electron chi connectivity index (χ4n) is 5.08. The highest BCUT2D eigenvalue weighted by atomic mass is 35.5. The molecule has 0 saturated carbocycles. The number of nitrogens with zero attached hydrogens (tertiary/aromatic N) is 2. The molecule has 2 fully saturated rings. The minimum atomic E-state index is -0.266. The zero-order valence-electron chi connectivity index (χ0n) is 19.4. The first kappa shape index (κ1) is 22.9. The van der Waals surface area contributed by atoms with Crippen LogP contribution >= 0.6 is 11.6 Å². The van der Waals surface area contributed by atoms with Crippen molar-refractivity contribution in [1.29, 1.82) is 0 Å². The molecule has 2 atom stereocenters. The minimum Gasteiger partial charge on any atom is -0.342 e. The fraction of sp³-hybridized carbons (Fsp3) is 0.423. The first-order chi connectivity index (χ1) is 16.5. The van der Waals surface area contributed by atoms with Gasteiger partial charge < -0.3 is 20.5 Å². The number of H-pyrrole nitrogens is 1. The van der Waals surface area contributed by atoms with Gasteiger partial charge in [-0.1, -0.05) is 11.6 Å². The molecule has 7 nitrogen and oxygen atoms in total. The normalized spacial score (nSPS) is 19.4. The molecule has 0 bridgehead atoms. The van der Waals surface area contributed by atoms with Crippen LogP contribution in [0.3, 0.4) is 0 Å². The minimum absolute atomic E-state index is 0.0500. The number of imidazole rings is 1. The van der Waals surface area contributed by atoms with Crippen LogP contribution in [0.25, 0.3) is 11.0 Å². The first-order valence-electron chi connectivity index (χ1n) is 12.1. The number of nitrogens with one attached hydrogen (secondary N) is 3. The molecule has 0 spiro atoms. The Morgan fingerprint density at radius 3 is 2.71 bits per heavy atom. The van der Waals surface area contributed by atoms with Crippen molar-refractivity contribution in [3.05, 3.63) is 63.9 Å². The maximum atomic E-state index is 13.3. The lowest BCUT2D eigenvalue weighted by Crippen LogP contribution is -2.41. The number of hydrogen-bond donors (Lipinski definition) is 3. The highest BCUT2D eigenvalue weighted by Gasteiger charge is 2.30. The average Bonchev–Trinajstić information content (AvgIpc) is 3.52. The molecular weight excluding hydrogens is 450 g/mol. The molecule has 3 aromatic rings. The lowest BCUT2D eigenvalue weighted by Gasteiger charge is -2.30. The van der Waals surface area contributed by atoms with Gasteiger partial charge in [-0.3, -0.25) is 9.59 Å². The summed E-state index contributed by atoms with van der Waals surface area (Å²) in [6.07, 6.45) is 4.15. The summed E-state index contributed by atoms with van der Waals surface area (Å²) >= 11 is 6.15. The van der Waals surface area contributed by atoms with Gasteiger partial charge in [0.15, 0.2) is 0 Å². The van der Waals surface area contributed by atoms with Crippen LogP contribution in [0.2, 0.25) is 5.02 Å². The van der Waals surface area contributed by atoms with Gasteiger partial charge in [-0.05, 0) is 87.0 Å². The molecule has 34 heavy (non-hydrogen) atoms. The Hall–Kier alpha value is -2.90. The molecule has 2 aliphatic rings. The number of halogens is 1.